The molecule has 4 heteroatoms. The molecule has 0 spiro atoms. The smallest absolute Gasteiger partial charge is 0.328 e. The molecule has 0 amide bonds. The van der Waals surface area contributed by atoms with Gasteiger partial charge in [-0.15, -0.1) is 0 Å². The molecule has 0 radical (unpaired) electrons. The Morgan fingerprint density at radius 2 is 2.37 bits per heavy atom. The minimum absolute atomic E-state index is 0.366. The summed E-state index contributed by atoms with van der Waals surface area (Å²) in [6.45, 7) is 3.02. The Morgan fingerprint density at radius 3 is 3.05 bits per heavy atom. The van der Waals surface area contributed by atoms with E-state index < -0.39 is 5.97 Å². The third-order valence-corrected chi connectivity index (χ3v) is 3.58. The average molecular weight is 263 g/mol. The fraction of sp³-hybridized carbons (Fsp3) is 0.400. The Kier molecular flexibility index (Phi) is 4.20. The lowest BCUT2D eigenvalue weighted by Crippen LogP contribution is -2.29. The first-order valence-corrected chi connectivity index (χ1v) is 6.59. The van der Waals surface area contributed by atoms with Gasteiger partial charge in [0, 0.05) is 29.9 Å². The zero-order valence-corrected chi connectivity index (χ0v) is 11.0. The molecule has 19 heavy (non-hydrogen) atoms. The van der Waals surface area contributed by atoms with Crippen molar-refractivity contribution in [2.24, 2.45) is 0 Å². The second-order valence-electron chi connectivity index (χ2n) is 4.74. The lowest BCUT2D eigenvalue weighted by Gasteiger charge is -2.27. The zero-order valence-electron chi connectivity index (χ0n) is 11.0. The predicted octanol–water partition coefficient (Wildman–Crippen LogP) is 3.30. The lowest BCUT2D eigenvalue weighted by atomic mass is 10.1. The highest BCUT2D eigenvalue weighted by atomic mass is 19.1. The number of carboxylic acids is 1. The largest absolute Gasteiger partial charge is 0.478 e. The van der Waals surface area contributed by atoms with Crippen molar-refractivity contribution >= 4 is 17.7 Å². The van der Waals surface area contributed by atoms with Crippen molar-refractivity contribution < 1.29 is 14.3 Å². The van der Waals surface area contributed by atoms with Crippen LogP contribution in [0.5, 0.6) is 0 Å². The van der Waals surface area contributed by atoms with Gasteiger partial charge in [0.25, 0.3) is 0 Å². The third kappa shape index (κ3) is 2.95. The monoisotopic (exact) mass is 263 g/mol. The van der Waals surface area contributed by atoms with Gasteiger partial charge >= 0.3 is 5.97 Å². The van der Waals surface area contributed by atoms with E-state index in [1.54, 1.807) is 6.07 Å². The van der Waals surface area contributed by atoms with Crippen LogP contribution in [-0.2, 0) is 4.79 Å². The van der Waals surface area contributed by atoms with E-state index in [4.69, 9.17) is 5.11 Å². The van der Waals surface area contributed by atoms with Gasteiger partial charge in [0.1, 0.15) is 5.82 Å². The summed E-state index contributed by atoms with van der Waals surface area (Å²) >= 11 is 0. The summed E-state index contributed by atoms with van der Waals surface area (Å²) in [5.74, 6) is -1.44. The number of anilines is 1. The standard InChI is InChI=1S/C15H18FNO2/c1-2-11-5-4-10-17(11)14-7-3-6-13(16)12(14)8-9-15(18)19/h3,6-9,11H,2,4-5,10H2,1H3,(H,18,19)/b9-8+. The Bertz CT molecular complexity index is 499. The summed E-state index contributed by atoms with van der Waals surface area (Å²) in [7, 11) is 0. The molecule has 3 nitrogen and oxygen atoms in total. The number of rotatable bonds is 4. The Hall–Kier alpha value is -1.84. The number of halogens is 1. The van der Waals surface area contributed by atoms with Crippen molar-refractivity contribution in [3.8, 4) is 0 Å². The fourth-order valence-corrected chi connectivity index (χ4v) is 2.67. The highest BCUT2D eigenvalue weighted by molar-refractivity contribution is 5.87. The summed E-state index contributed by atoms with van der Waals surface area (Å²) in [4.78, 5) is 12.8. The molecule has 1 saturated heterocycles. The van der Waals surface area contributed by atoms with Crippen LogP contribution in [0.3, 0.4) is 0 Å². The van der Waals surface area contributed by atoms with Crippen molar-refractivity contribution in [3.05, 3.63) is 35.7 Å². The van der Waals surface area contributed by atoms with E-state index in [0.717, 1.165) is 37.6 Å². The van der Waals surface area contributed by atoms with E-state index in [9.17, 15) is 9.18 Å². The van der Waals surface area contributed by atoms with E-state index in [2.05, 4.69) is 11.8 Å². The van der Waals surface area contributed by atoms with Crippen molar-refractivity contribution in [1.29, 1.82) is 0 Å². The maximum absolute atomic E-state index is 13.9. The van der Waals surface area contributed by atoms with Gasteiger partial charge in [-0.3, -0.25) is 0 Å². The molecule has 1 aliphatic heterocycles. The second kappa shape index (κ2) is 5.87. The van der Waals surface area contributed by atoms with Gasteiger partial charge < -0.3 is 10.0 Å². The molecule has 1 unspecified atom stereocenters. The fourth-order valence-electron chi connectivity index (χ4n) is 2.67. The normalized spacial score (nSPS) is 19.3. The van der Waals surface area contributed by atoms with Crippen LogP contribution in [0.2, 0.25) is 0 Å². The molecule has 2 rings (SSSR count). The minimum Gasteiger partial charge on any atom is -0.478 e. The molecule has 1 heterocycles. The summed E-state index contributed by atoms with van der Waals surface area (Å²) in [6.07, 6.45) is 5.54. The van der Waals surface area contributed by atoms with Crippen LogP contribution in [0.15, 0.2) is 24.3 Å². The first-order valence-electron chi connectivity index (χ1n) is 6.59. The molecular weight excluding hydrogens is 245 g/mol. The van der Waals surface area contributed by atoms with E-state index in [1.165, 1.54) is 12.1 Å². The predicted molar refractivity (Wildman–Crippen MR) is 73.7 cm³/mol. The van der Waals surface area contributed by atoms with Gasteiger partial charge in [0.15, 0.2) is 0 Å². The molecule has 1 aromatic rings. The molecule has 0 saturated carbocycles. The van der Waals surface area contributed by atoms with E-state index in [1.807, 2.05) is 6.07 Å². The highest BCUT2D eigenvalue weighted by Gasteiger charge is 2.25. The highest BCUT2D eigenvalue weighted by Crippen LogP contribution is 2.32. The zero-order chi connectivity index (χ0) is 13.8. The van der Waals surface area contributed by atoms with Crippen LogP contribution in [0.25, 0.3) is 6.08 Å². The van der Waals surface area contributed by atoms with Crippen LogP contribution in [0.1, 0.15) is 31.7 Å². The number of benzene rings is 1. The number of nitrogens with zero attached hydrogens (tertiary/aromatic N) is 1. The van der Waals surface area contributed by atoms with Crippen molar-refractivity contribution in [2.75, 3.05) is 11.4 Å². The summed E-state index contributed by atoms with van der Waals surface area (Å²) < 4.78 is 13.9. The van der Waals surface area contributed by atoms with Gasteiger partial charge in [0.2, 0.25) is 0 Å². The van der Waals surface area contributed by atoms with E-state index >= 15 is 0 Å². The molecule has 0 aromatic heterocycles. The van der Waals surface area contributed by atoms with Gasteiger partial charge in [-0.25, -0.2) is 9.18 Å². The van der Waals surface area contributed by atoms with Gasteiger partial charge in [0.05, 0.1) is 0 Å². The van der Waals surface area contributed by atoms with Crippen LogP contribution in [0, 0.1) is 5.82 Å². The quantitative estimate of drug-likeness (QED) is 0.847. The Balaban J connectivity index is 2.39. The SMILES string of the molecule is CCC1CCCN1c1cccc(F)c1/C=C/C(=O)O. The van der Waals surface area contributed by atoms with Crippen LogP contribution in [-0.4, -0.2) is 23.7 Å². The topological polar surface area (TPSA) is 40.5 Å². The molecule has 0 bridgehead atoms. The minimum atomic E-state index is -1.07. The molecule has 1 fully saturated rings. The van der Waals surface area contributed by atoms with Gasteiger partial charge in [-0.2, -0.15) is 0 Å². The van der Waals surface area contributed by atoms with Crippen LogP contribution >= 0.6 is 0 Å². The summed E-state index contributed by atoms with van der Waals surface area (Å²) in [6, 6.07) is 5.31. The van der Waals surface area contributed by atoms with Gasteiger partial charge in [-0.1, -0.05) is 13.0 Å². The first-order chi connectivity index (χ1) is 9.13. The van der Waals surface area contributed by atoms with Gasteiger partial charge in [-0.05, 0) is 37.5 Å². The second-order valence-corrected chi connectivity index (χ2v) is 4.74. The van der Waals surface area contributed by atoms with E-state index in [0.29, 0.717) is 11.6 Å². The summed E-state index contributed by atoms with van der Waals surface area (Å²) in [5.41, 5.74) is 1.16. The molecule has 1 aromatic carbocycles. The molecule has 0 aliphatic carbocycles. The Morgan fingerprint density at radius 1 is 1.58 bits per heavy atom. The molecule has 102 valence electrons. The number of hydrogen-bond donors (Lipinski definition) is 1. The summed E-state index contributed by atoms with van der Waals surface area (Å²) in [5, 5.41) is 8.70. The molecule has 1 N–H and O–H groups in total. The van der Waals surface area contributed by atoms with Crippen molar-refractivity contribution in [3.63, 3.8) is 0 Å². The molecule has 1 aliphatic rings. The number of hydrogen-bond acceptors (Lipinski definition) is 2. The molecule has 1 atom stereocenters. The average Bonchev–Trinajstić information content (AvgIpc) is 2.84. The number of carbonyl (C=O) groups is 1. The van der Waals surface area contributed by atoms with Crippen LogP contribution < -0.4 is 4.90 Å². The van der Waals surface area contributed by atoms with Crippen molar-refractivity contribution in [2.45, 2.75) is 32.2 Å². The number of aliphatic carboxylic acids is 1. The third-order valence-electron chi connectivity index (χ3n) is 3.58. The first kappa shape index (κ1) is 13.6. The Labute approximate surface area is 112 Å². The van der Waals surface area contributed by atoms with Crippen molar-refractivity contribution in [1.82, 2.24) is 0 Å². The van der Waals surface area contributed by atoms with E-state index in [-0.39, 0.29) is 5.82 Å². The maximum atomic E-state index is 13.9. The maximum Gasteiger partial charge on any atom is 0.328 e. The number of carboxylic acid groups (broad SMARTS) is 1. The lowest BCUT2D eigenvalue weighted by molar-refractivity contribution is -0.131. The molecular formula is C15H18FNO2. The van der Waals surface area contributed by atoms with Crippen LogP contribution in [0.4, 0.5) is 10.1 Å².